The molecule has 2 N–H and O–H groups in total. The van der Waals surface area contributed by atoms with E-state index < -0.39 is 0 Å². The first-order valence-corrected chi connectivity index (χ1v) is 5.39. The lowest BCUT2D eigenvalue weighted by atomic mass is 9.87. The van der Waals surface area contributed by atoms with Crippen molar-refractivity contribution >= 4 is 5.82 Å². The average molecular weight is 206 g/mol. The highest BCUT2D eigenvalue weighted by molar-refractivity contribution is 5.45. The quantitative estimate of drug-likeness (QED) is 0.808. The number of ether oxygens (including phenoxy) is 1. The Morgan fingerprint density at radius 3 is 2.60 bits per heavy atom. The Bertz CT molecular complexity index is 364. The maximum atomic E-state index is 5.84. The third-order valence-electron chi connectivity index (χ3n) is 2.51. The summed E-state index contributed by atoms with van der Waals surface area (Å²) in [6, 6.07) is 1.83. The van der Waals surface area contributed by atoms with Crippen LogP contribution in [0.3, 0.4) is 0 Å². The third-order valence-corrected chi connectivity index (χ3v) is 2.51. The summed E-state index contributed by atoms with van der Waals surface area (Å²) in [7, 11) is 0. The highest BCUT2D eigenvalue weighted by Crippen LogP contribution is 2.35. The monoisotopic (exact) mass is 206 g/mol. The number of anilines is 1. The first-order chi connectivity index (χ1) is 6.97. The minimum atomic E-state index is 0.0466. The van der Waals surface area contributed by atoms with Crippen LogP contribution in [0.4, 0.5) is 5.82 Å². The van der Waals surface area contributed by atoms with Crippen LogP contribution in [0.15, 0.2) is 12.3 Å². The molecule has 1 aliphatic rings. The summed E-state index contributed by atoms with van der Waals surface area (Å²) in [6.45, 7) is 6.46. The molecule has 0 saturated heterocycles. The second kappa shape index (κ2) is 3.40. The zero-order valence-corrected chi connectivity index (χ0v) is 9.58. The minimum absolute atomic E-state index is 0.0466. The van der Waals surface area contributed by atoms with Gasteiger partial charge in [-0.25, -0.2) is 4.98 Å². The van der Waals surface area contributed by atoms with E-state index in [0.717, 1.165) is 24.2 Å². The molecule has 3 heteroatoms. The fourth-order valence-electron chi connectivity index (χ4n) is 1.48. The fraction of sp³-hybridized carbons (Fsp3) is 0.583. The Morgan fingerprint density at radius 2 is 2.07 bits per heavy atom. The van der Waals surface area contributed by atoms with Crippen LogP contribution in [0.2, 0.25) is 0 Å². The summed E-state index contributed by atoms with van der Waals surface area (Å²) >= 11 is 0. The lowest BCUT2D eigenvalue weighted by Crippen LogP contribution is -2.15. The molecule has 0 atom stereocenters. The maximum Gasteiger partial charge on any atom is 0.128 e. The smallest absolute Gasteiger partial charge is 0.128 e. The van der Waals surface area contributed by atoms with Crippen molar-refractivity contribution in [2.24, 2.45) is 0 Å². The summed E-state index contributed by atoms with van der Waals surface area (Å²) in [5.74, 6) is 1.43. The molecule has 82 valence electrons. The summed E-state index contributed by atoms with van der Waals surface area (Å²) < 4.78 is 5.84. The number of hydrogen-bond donors (Lipinski definition) is 1. The van der Waals surface area contributed by atoms with Crippen molar-refractivity contribution < 1.29 is 4.74 Å². The van der Waals surface area contributed by atoms with Crippen LogP contribution in [0, 0.1) is 0 Å². The molecule has 2 rings (SSSR count). The first-order valence-electron chi connectivity index (χ1n) is 5.39. The van der Waals surface area contributed by atoms with Gasteiger partial charge in [-0.05, 0) is 18.3 Å². The zero-order valence-electron chi connectivity index (χ0n) is 9.58. The summed E-state index contributed by atoms with van der Waals surface area (Å²) in [5, 5.41) is 0. The molecule has 0 radical (unpaired) electrons. The molecule has 1 aromatic rings. The number of pyridine rings is 1. The molecule has 15 heavy (non-hydrogen) atoms. The Morgan fingerprint density at radius 1 is 1.40 bits per heavy atom. The molecule has 0 amide bonds. The predicted molar refractivity (Wildman–Crippen MR) is 61.0 cm³/mol. The van der Waals surface area contributed by atoms with E-state index in [1.165, 1.54) is 0 Å². The van der Waals surface area contributed by atoms with Crippen LogP contribution in [0.25, 0.3) is 0 Å². The van der Waals surface area contributed by atoms with E-state index in [1.807, 2.05) is 12.3 Å². The summed E-state index contributed by atoms with van der Waals surface area (Å²) in [6.07, 6.45) is 4.54. The third kappa shape index (κ3) is 2.41. The highest BCUT2D eigenvalue weighted by Gasteiger charge is 2.27. The molecular formula is C12H18N2O. The Hall–Kier alpha value is -1.25. The maximum absolute atomic E-state index is 5.84. The van der Waals surface area contributed by atoms with Gasteiger partial charge in [-0.1, -0.05) is 20.8 Å². The Balaban J connectivity index is 2.34. The number of nitrogens with zero attached hydrogens (tertiary/aromatic N) is 1. The lowest BCUT2D eigenvalue weighted by Gasteiger charge is -2.22. The second-order valence-electron chi connectivity index (χ2n) is 5.17. The normalized spacial score (nSPS) is 16.5. The predicted octanol–water partition coefficient (Wildman–Crippen LogP) is 2.50. The zero-order chi connectivity index (χ0) is 11.1. The van der Waals surface area contributed by atoms with Crippen LogP contribution in [0.1, 0.15) is 39.2 Å². The highest BCUT2D eigenvalue weighted by atomic mass is 16.5. The van der Waals surface area contributed by atoms with Crippen LogP contribution < -0.4 is 10.5 Å². The summed E-state index contributed by atoms with van der Waals surface area (Å²) in [5.41, 5.74) is 6.85. The van der Waals surface area contributed by atoms with Crippen molar-refractivity contribution in [3.8, 4) is 5.75 Å². The van der Waals surface area contributed by atoms with E-state index in [9.17, 15) is 0 Å². The van der Waals surface area contributed by atoms with Crippen molar-refractivity contribution in [2.45, 2.75) is 45.1 Å². The second-order valence-corrected chi connectivity index (χ2v) is 5.17. The van der Waals surface area contributed by atoms with Gasteiger partial charge >= 0.3 is 0 Å². The van der Waals surface area contributed by atoms with E-state index in [0.29, 0.717) is 11.9 Å². The molecule has 1 fully saturated rings. The number of nitrogen functional groups attached to an aromatic ring is 1. The average Bonchev–Trinajstić information content (AvgIpc) is 2.85. The van der Waals surface area contributed by atoms with Crippen molar-refractivity contribution in [3.63, 3.8) is 0 Å². The molecule has 0 unspecified atom stereocenters. The molecule has 1 heterocycles. The number of rotatable bonds is 2. The van der Waals surface area contributed by atoms with Crippen molar-refractivity contribution in [2.75, 3.05) is 5.73 Å². The number of nitrogens with two attached hydrogens (primary N) is 1. The van der Waals surface area contributed by atoms with Gasteiger partial charge < -0.3 is 10.5 Å². The van der Waals surface area contributed by atoms with Crippen molar-refractivity contribution in [1.29, 1.82) is 0 Å². The molecule has 0 aromatic carbocycles. The van der Waals surface area contributed by atoms with Crippen molar-refractivity contribution in [1.82, 2.24) is 4.98 Å². The molecule has 3 nitrogen and oxygen atoms in total. The van der Waals surface area contributed by atoms with Gasteiger partial charge in [0.1, 0.15) is 11.6 Å². The molecule has 1 aliphatic carbocycles. The van der Waals surface area contributed by atoms with E-state index >= 15 is 0 Å². The molecule has 0 bridgehead atoms. The minimum Gasteiger partial charge on any atom is -0.490 e. The van der Waals surface area contributed by atoms with Crippen LogP contribution in [-0.4, -0.2) is 11.1 Å². The number of hydrogen-bond acceptors (Lipinski definition) is 3. The van der Waals surface area contributed by atoms with Gasteiger partial charge in [0.2, 0.25) is 0 Å². The van der Waals surface area contributed by atoms with Crippen molar-refractivity contribution in [3.05, 3.63) is 17.8 Å². The SMILES string of the molecule is CC(C)(C)c1cnc(N)cc1OC1CC1. The lowest BCUT2D eigenvalue weighted by molar-refractivity contribution is 0.294. The van der Waals surface area contributed by atoms with E-state index in [-0.39, 0.29) is 5.41 Å². The fourth-order valence-corrected chi connectivity index (χ4v) is 1.48. The van der Waals surface area contributed by atoms with E-state index in [1.54, 1.807) is 0 Å². The van der Waals surface area contributed by atoms with Gasteiger partial charge in [0, 0.05) is 17.8 Å². The Kier molecular flexibility index (Phi) is 2.33. The van der Waals surface area contributed by atoms with Gasteiger partial charge in [-0.15, -0.1) is 0 Å². The van der Waals surface area contributed by atoms with Crippen LogP contribution in [0.5, 0.6) is 5.75 Å². The van der Waals surface area contributed by atoms with Gasteiger partial charge in [-0.3, -0.25) is 0 Å². The number of aromatic nitrogens is 1. The van der Waals surface area contributed by atoms with Gasteiger partial charge in [0.25, 0.3) is 0 Å². The molecule has 0 spiro atoms. The van der Waals surface area contributed by atoms with Crippen LogP contribution >= 0.6 is 0 Å². The summed E-state index contributed by atoms with van der Waals surface area (Å²) in [4.78, 5) is 4.13. The molecule has 1 aromatic heterocycles. The van der Waals surface area contributed by atoms with Gasteiger partial charge in [0.15, 0.2) is 0 Å². The molecule has 1 saturated carbocycles. The largest absolute Gasteiger partial charge is 0.490 e. The van der Waals surface area contributed by atoms with Crippen LogP contribution in [-0.2, 0) is 5.41 Å². The van der Waals surface area contributed by atoms with E-state index in [2.05, 4.69) is 25.8 Å². The topological polar surface area (TPSA) is 48.1 Å². The van der Waals surface area contributed by atoms with E-state index in [4.69, 9.17) is 10.5 Å². The molecule has 0 aliphatic heterocycles. The Labute approximate surface area is 90.7 Å². The van der Waals surface area contributed by atoms with Gasteiger partial charge in [-0.2, -0.15) is 0 Å². The van der Waals surface area contributed by atoms with Gasteiger partial charge in [0.05, 0.1) is 6.10 Å². The first kappa shape index (κ1) is 10.3. The standard InChI is InChI=1S/C12H18N2O/c1-12(2,3)9-7-14-11(13)6-10(9)15-8-4-5-8/h6-8H,4-5H2,1-3H3,(H2,13,14). The molecular weight excluding hydrogens is 188 g/mol.